The van der Waals surface area contributed by atoms with Crippen molar-refractivity contribution in [1.82, 2.24) is 20.4 Å². The van der Waals surface area contributed by atoms with Gasteiger partial charge in [0.1, 0.15) is 6.54 Å². The number of rotatable bonds is 3. The molecule has 2 heterocycles. The lowest BCUT2D eigenvalue weighted by Crippen LogP contribution is -2.57. The molecule has 1 atom stereocenters. The van der Waals surface area contributed by atoms with Crippen LogP contribution in [-0.4, -0.2) is 33.8 Å². The van der Waals surface area contributed by atoms with Gasteiger partial charge < -0.3 is 10.6 Å². The van der Waals surface area contributed by atoms with Gasteiger partial charge in [0, 0.05) is 24.0 Å². The summed E-state index contributed by atoms with van der Waals surface area (Å²) in [4.78, 5) is 12.1. The van der Waals surface area contributed by atoms with Gasteiger partial charge in [-0.1, -0.05) is 19.3 Å². The Kier molecular flexibility index (Phi) is 4.05. The van der Waals surface area contributed by atoms with Gasteiger partial charge in [-0.15, -0.1) is 0 Å². The van der Waals surface area contributed by atoms with E-state index in [2.05, 4.69) is 15.7 Å². The van der Waals surface area contributed by atoms with Crippen molar-refractivity contribution in [2.45, 2.75) is 63.1 Å². The second kappa shape index (κ2) is 5.95. The fourth-order valence-electron chi connectivity index (χ4n) is 3.70. The molecule has 2 N–H and O–H groups in total. The van der Waals surface area contributed by atoms with Crippen molar-refractivity contribution < 1.29 is 4.79 Å². The highest BCUT2D eigenvalue weighted by molar-refractivity contribution is 5.75. The Labute approximate surface area is 120 Å². The van der Waals surface area contributed by atoms with Crippen LogP contribution >= 0.6 is 0 Å². The Morgan fingerprint density at radius 2 is 2.25 bits per heavy atom. The molecule has 1 aromatic rings. The van der Waals surface area contributed by atoms with Crippen molar-refractivity contribution in [3.05, 3.63) is 18.5 Å². The molecule has 3 rings (SSSR count). The van der Waals surface area contributed by atoms with Gasteiger partial charge in [0.15, 0.2) is 0 Å². The number of amides is 1. The van der Waals surface area contributed by atoms with Gasteiger partial charge in [-0.3, -0.25) is 9.48 Å². The average molecular weight is 276 g/mol. The molecule has 0 radical (unpaired) electrons. The largest absolute Gasteiger partial charge is 0.352 e. The van der Waals surface area contributed by atoms with E-state index < -0.39 is 0 Å². The number of carbonyl (C=O) groups excluding carboxylic acids is 1. The highest BCUT2D eigenvalue weighted by Crippen LogP contribution is 2.34. The van der Waals surface area contributed by atoms with E-state index >= 15 is 0 Å². The molecule has 1 saturated heterocycles. The molecule has 1 aromatic heterocycles. The van der Waals surface area contributed by atoms with Gasteiger partial charge in [0.25, 0.3) is 0 Å². The number of carbonyl (C=O) groups is 1. The zero-order valence-electron chi connectivity index (χ0n) is 12.0. The zero-order valence-corrected chi connectivity index (χ0v) is 12.0. The van der Waals surface area contributed by atoms with Gasteiger partial charge in [-0.05, 0) is 38.3 Å². The molecule has 1 aliphatic carbocycles. The maximum atomic E-state index is 12.1. The maximum absolute atomic E-state index is 12.1. The smallest absolute Gasteiger partial charge is 0.241 e. The van der Waals surface area contributed by atoms with Gasteiger partial charge >= 0.3 is 0 Å². The quantitative estimate of drug-likeness (QED) is 0.878. The predicted octanol–water partition coefficient (Wildman–Crippen LogP) is 1.45. The zero-order chi connectivity index (χ0) is 13.8. The second-order valence-corrected chi connectivity index (χ2v) is 6.23. The normalized spacial score (nSPS) is 25.5. The molecule has 2 aliphatic rings. The number of nitrogens with zero attached hydrogens (tertiary/aromatic N) is 2. The fourth-order valence-corrected chi connectivity index (χ4v) is 3.70. The molecule has 0 bridgehead atoms. The molecule has 0 aromatic carbocycles. The molecule has 5 nitrogen and oxygen atoms in total. The van der Waals surface area contributed by atoms with Gasteiger partial charge in [-0.2, -0.15) is 5.10 Å². The van der Waals surface area contributed by atoms with Crippen molar-refractivity contribution in [3.8, 4) is 0 Å². The molecule has 20 heavy (non-hydrogen) atoms. The number of nitrogens with one attached hydrogen (secondary N) is 2. The van der Waals surface area contributed by atoms with Crippen molar-refractivity contribution in [3.63, 3.8) is 0 Å². The monoisotopic (exact) mass is 276 g/mol. The molecule has 2 fully saturated rings. The van der Waals surface area contributed by atoms with E-state index in [0.717, 1.165) is 19.4 Å². The van der Waals surface area contributed by atoms with E-state index in [4.69, 9.17) is 0 Å². The Hall–Kier alpha value is -1.36. The molecule has 1 spiro atoms. The number of hydrogen-bond acceptors (Lipinski definition) is 3. The van der Waals surface area contributed by atoms with Crippen LogP contribution in [0, 0.1) is 0 Å². The van der Waals surface area contributed by atoms with Crippen LogP contribution in [-0.2, 0) is 11.3 Å². The highest BCUT2D eigenvalue weighted by atomic mass is 16.2. The van der Waals surface area contributed by atoms with E-state index in [1.165, 1.54) is 32.1 Å². The first-order valence-electron chi connectivity index (χ1n) is 7.78. The first kappa shape index (κ1) is 13.6. The lowest BCUT2D eigenvalue weighted by molar-refractivity contribution is -0.123. The summed E-state index contributed by atoms with van der Waals surface area (Å²) < 4.78 is 1.67. The Morgan fingerprint density at radius 1 is 1.40 bits per heavy atom. The first-order valence-corrected chi connectivity index (χ1v) is 7.78. The summed E-state index contributed by atoms with van der Waals surface area (Å²) in [7, 11) is 0. The Morgan fingerprint density at radius 3 is 3.00 bits per heavy atom. The highest BCUT2D eigenvalue weighted by Gasteiger charge is 2.37. The van der Waals surface area contributed by atoms with Gasteiger partial charge in [0.2, 0.25) is 5.91 Å². The standard InChI is InChI=1S/C15H24N4O/c20-14(12-19-10-4-8-17-19)18-13-5-9-16-15(11-13)6-2-1-3-7-15/h4,8,10,13,16H,1-3,5-7,9,11-12H2,(H,18,20). The van der Waals surface area contributed by atoms with E-state index in [-0.39, 0.29) is 5.91 Å². The molecule has 1 saturated carbocycles. The Bertz CT molecular complexity index is 431. The van der Waals surface area contributed by atoms with Crippen molar-refractivity contribution in [1.29, 1.82) is 0 Å². The summed E-state index contributed by atoms with van der Waals surface area (Å²) in [5.41, 5.74) is 0.292. The summed E-state index contributed by atoms with van der Waals surface area (Å²) in [5, 5.41) is 11.0. The number of aromatic nitrogens is 2. The molecular formula is C15H24N4O. The van der Waals surface area contributed by atoms with E-state index in [9.17, 15) is 4.79 Å². The summed E-state index contributed by atoms with van der Waals surface area (Å²) >= 11 is 0. The molecule has 5 heteroatoms. The minimum Gasteiger partial charge on any atom is -0.352 e. The second-order valence-electron chi connectivity index (χ2n) is 6.23. The van der Waals surface area contributed by atoms with Crippen LogP contribution in [0.4, 0.5) is 0 Å². The van der Waals surface area contributed by atoms with Gasteiger partial charge in [-0.25, -0.2) is 0 Å². The summed E-state index contributed by atoms with van der Waals surface area (Å²) in [6.07, 6.45) is 12.2. The van der Waals surface area contributed by atoms with Crippen molar-refractivity contribution in [2.75, 3.05) is 6.54 Å². The summed E-state index contributed by atoms with van der Waals surface area (Å²) in [5.74, 6) is 0.0755. The topological polar surface area (TPSA) is 59.0 Å². The third-order valence-electron chi connectivity index (χ3n) is 4.67. The van der Waals surface area contributed by atoms with Crippen LogP contribution in [0.2, 0.25) is 0 Å². The summed E-state index contributed by atoms with van der Waals surface area (Å²) in [6.45, 7) is 1.34. The number of hydrogen-bond donors (Lipinski definition) is 2. The number of piperidine rings is 1. The van der Waals surface area contributed by atoms with E-state index in [1.54, 1.807) is 10.9 Å². The molecular weight excluding hydrogens is 252 g/mol. The van der Waals surface area contributed by atoms with Crippen LogP contribution in [0.15, 0.2) is 18.5 Å². The van der Waals surface area contributed by atoms with Crippen molar-refractivity contribution >= 4 is 5.91 Å². The Balaban J connectivity index is 1.53. The molecule has 1 aliphatic heterocycles. The van der Waals surface area contributed by atoms with E-state index in [0.29, 0.717) is 18.1 Å². The fraction of sp³-hybridized carbons (Fsp3) is 0.733. The van der Waals surface area contributed by atoms with Crippen LogP contribution < -0.4 is 10.6 Å². The third-order valence-corrected chi connectivity index (χ3v) is 4.67. The third kappa shape index (κ3) is 3.20. The van der Waals surface area contributed by atoms with Crippen LogP contribution in [0.5, 0.6) is 0 Å². The minimum atomic E-state index is 0.0755. The lowest BCUT2D eigenvalue weighted by Gasteiger charge is -2.44. The predicted molar refractivity (Wildman–Crippen MR) is 77.2 cm³/mol. The maximum Gasteiger partial charge on any atom is 0.241 e. The first-order chi connectivity index (χ1) is 9.76. The molecule has 1 unspecified atom stereocenters. The molecule has 1 amide bonds. The average Bonchev–Trinajstić information content (AvgIpc) is 2.92. The van der Waals surface area contributed by atoms with Crippen LogP contribution in [0.25, 0.3) is 0 Å². The SMILES string of the molecule is O=C(Cn1cccn1)NC1CCNC2(CCCCC2)C1. The van der Waals surface area contributed by atoms with Crippen LogP contribution in [0.3, 0.4) is 0 Å². The van der Waals surface area contributed by atoms with Gasteiger partial charge in [0.05, 0.1) is 0 Å². The van der Waals surface area contributed by atoms with E-state index in [1.807, 2.05) is 12.3 Å². The summed E-state index contributed by atoms with van der Waals surface area (Å²) in [6, 6.07) is 2.16. The van der Waals surface area contributed by atoms with Crippen LogP contribution in [0.1, 0.15) is 44.9 Å². The minimum absolute atomic E-state index is 0.0755. The molecule has 110 valence electrons. The lowest BCUT2D eigenvalue weighted by atomic mass is 9.75. The van der Waals surface area contributed by atoms with Crippen molar-refractivity contribution in [2.24, 2.45) is 0 Å².